The second kappa shape index (κ2) is 17.7. The molecular weight excluding hydrogens is 917 g/mol. The number of furan rings is 2. The van der Waals surface area contributed by atoms with Gasteiger partial charge in [-0.3, -0.25) is 0 Å². The molecule has 0 radical (unpaired) electrons. The van der Waals surface area contributed by atoms with Crippen molar-refractivity contribution in [1.29, 1.82) is 0 Å². The van der Waals surface area contributed by atoms with Gasteiger partial charge in [0.2, 0.25) is 0 Å². The standard InChI is InChI=1S/C69H48N4O2/c1-5-17-43(18-6-1)45-29-33-47(34-30-45)56-41-51(69-71-67(49-21-9-3-10-22-49)70-68(72-69)50-23-11-4-12-24-50)42-57(48-35-31-46(32-36-48)44-19-7-2-8-20-44)64(56)73-58-27-15-13-25-54(58)62-59(73)39-37-52-53-38-40-61-63(66(53)75-65(52)62)55-26-14-16-28-60(55)74-61/h1,3-7,9-17,19-40,42-43,56H,2,8,18,41H2/t43?,56-/m1/s1. The summed E-state index contributed by atoms with van der Waals surface area (Å²) in [6, 6.07) is 65.0. The minimum Gasteiger partial charge on any atom is -0.456 e. The number of fused-ring (bicyclic) bond motifs is 11. The third-order valence-corrected chi connectivity index (χ3v) is 15.6. The van der Waals surface area contributed by atoms with Crippen LogP contribution in [0.1, 0.15) is 65.6 Å². The van der Waals surface area contributed by atoms with Gasteiger partial charge in [-0.1, -0.05) is 188 Å². The van der Waals surface area contributed by atoms with Crippen LogP contribution in [0.25, 0.3) is 111 Å². The number of hydrogen-bond acceptors (Lipinski definition) is 5. The van der Waals surface area contributed by atoms with Crippen molar-refractivity contribution in [3.8, 4) is 22.8 Å². The van der Waals surface area contributed by atoms with Crippen molar-refractivity contribution in [3.63, 3.8) is 0 Å². The van der Waals surface area contributed by atoms with Crippen LogP contribution in [0.2, 0.25) is 0 Å². The number of nitrogens with zero attached hydrogens (tertiary/aromatic N) is 4. The fourth-order valence-corrected chi connectivity index (χ4v) is 12.0. The fraction of sp³-hybridized carbons (Fsp3) is 0.0870. The molecule has 8 aromatic carbocycles. The maximum absolute atomic E-state index is 7.24. The maximum atomic E-state index is 7.24. The number of aromatic nitrogens is 4. The van der Waals surface area contributed by atoms with Crippen LogP contribution in [0.5, 0.6) is 0 Å². The van der Waals surface area contributed by atoms with Gasteiger partial charge in [-0.25, -0.2) is 15.0 Å². The van der Waals surface area contributed by atoms with E-state index in [-0.39, 0.29) is 5.92 Å². The lowest BCUT2D eigenvalue weighted by molar-refractivity contribution is 0.664. The van der Waals surface area contributed by atoms with E-state index in [1.807, 2.05) is 48.5 Å². The van der Waals surface area contributed by atoms with Crippen LogP contribution in [0.4, 0.5) is 0 Å². The molecule has 3 aliphatic carbocycles. The van der Waals surface area contributed by atoms with Gasteiger partial charge in [-0.15, -0.1) is 0 Å². The molecule has 0 spiro atoms. The van der Waals surface area contributed by atoms with Crippen LogP contribution in [0.15, 0.2) is 239 Å². The van der Waals surface area contributed by atoms with Crippen molar-refractivity contribution in [1.82, 2.24) is 19.5 Å². The number of benzene rings is 8. The molecule has 12 aromatic rings. The summed E-state index contributed by atoms with van der Waals surface area (Å²) in [4.78, 5) is 15.9. The summed E-state index contributed by atoms with van der Waals surface area (Å²) >= 11 is 0. The van der Waals surface area contributed by atoms with Gasteiger partial charge in [-0.05, 0) is 102 Å². The van der Waals surface area contributed by atoms with Gasteiger partial charge in [0.05, 0.1) is 21.8 Å². The minimum absolute atomic E-state index is 0.140. The Hall–Kier alpha value is -9.39. The largest absolute Gasteiger partial charge is 0.456 e. The van der Waals surface area contributed by atoms with Gasteiger partial charge in [-0.2, -0.15) is 0 Å². The van der Waals surface area contributed by atoms with Gasteiger partial charge in [0.25, 0.3) is 0 Å². The summed E-state index contributed by atoms with van der Waals surface area (Å²) in [6.45, 7) is 0. The quantitative estimate of drug-likeness (QED) is 0.152. The van der Waals surface area contributed by atoms with E-state index in [9.17, 15) is 0 Å². The molecule has 0 saturated heterocycles. The Morgan fingerprint density at radius 2 is 1.13 bits per heavy atom. The molecule has 3 aliphatic rings. The molecule has 0 saturated carbocycles. The highest BCUT2D eigenvalue weighted by Gasteiger charge is 2.33. The zero-order valence-corrected chi connectivity index (χ0v) is 41.0. The zero-order chi connectivity index (χ0) is 49.4. The van der Waals surface area contributed by atoms with Gasteiger partial charge >= 0.3 is 0 Å². The highest BCUT2D eigenvalue weighted by molar-refractivity contribution is 6.28. The molecule has 0 fully saturated rings. The van der Waals surface area contributed by atoms with Crippen molar-refractivity contribution in [2.24, 2.45) is 0 Å². The number of hydrogen-bond donors (Lipinski definition) is 0. The summed E-state index contributed by atoms with van der Waals surface area (Å²) in [6.07, 6.45) is 21.9. The first-order valence-corrected chi connectivity index (χ1v) is 26.1. The lowest BCUT2D eigenvalue weighted by Gasteiger charge is -2.31. The molecule has 0 bridgehead atoms. The molecule has 75 heavy (non-hydrogen) atoms. The summed E-state index contributed by atoms with van der Waals surface area (Å²) in [7, 11) is 0. The highest BCUT2D eigenvalue weighted by atomic mass is 16.3. The van der Waals surface area contributed by atoms with Crippen LogP contribution >= 0.6 is 0 Å². The van der Waals surface area contributed by atoms with Gasteiger partial charge in [0, 0.05) is 55.8 Å². The maximum Gasteiger partial charge on any atom is 0.164 e. The molecule has 6 heteroatoms. The number of allylic oxidation sites excluding steroid dienone is 12. The minimum atomic E-state index is -0.140. The highest BCUT2D eigenvalue weighted by Crippen LogP contribution is 2.51. The third-order valence-electron chi connectivity index (χ3n) is 15.6. The molecule has 1 unspecified atom stereocenters. The Kier molecular flexibility index (Phi) is 10.2. The van der Waals surface area contributed by atoms with E-state index in [2.05, 4.69) is 187 Å². The number of para-hydroxylation sites is 2. The Balaban J connectivity index is 1.02. The molecule has 0 N–H and O–H groups in total. The Labute approximate surface area is 433 Å². The van der Waals surface area contributed by atoms with Gasteiger partial charge < -0.3 is 13.4 Å². The van der Waals surface area contributed by atoms with Crippen LogP contribution in [0.3, 0.4) is 0 Å². The van der Waals surface area contributed by atoms with Crippen molar-refractivity contribution in [2.45, 2.75) is 37.5 Å². The molecule has 4 aromatic heterocycles. The predicted octanol–water partition coefficient (Wildman–Crippen LogP) is 18.1. The molecule has 0 amide bonds. The van der Waals surface area contributed by atoms with E-state index < -0.39 is 0 Å². The van der Waals surface area contributed by atoms with E-state index in [0.717, 1.165) is 113 Å². The third kappa shape index (κ3) is 7.27. The van der Waals surface area contributed by atoms with E-state index in [1.54, 1.807) is 0 Å². The van der Waals surface area contributed by atoms with Crippen LogP contribution in [-0.4, -0.2) is 19.5 Å². The average Bonchev–Trinajstić information content (AvgIpc) is 4.18. The Morgan fingerprint density at radius 3 is 1.87 bits per heavy atom. The molecule has 15 rings (SSSR count). The van der Waals surface area contributed by atoms with E-state index in [1.165, 1.54) is 28.0 Å². The lowest BCUT2D eigenvalue weighted by Crippen LogP contribution is -2.16. The molecule has 4 heterocycles. The van der Waals surface area contributed by atoms with E-state index in [4.69, 9.17) is 23.8 Å². The van der Waals surface area contributed by atoms with Crippen LogP contribution in [0, 0.1) is 0 Å². The second-order valence-electron chi connectivity index (χ2n) is 20.0. The van der Waals surface area contributed by atoms with Gasteiger partial charge in [0.1, 0.15) is 22.3 Å². The monoisotopic (exact) mass is 964 g/mol. The first-order valence-electron chi connectivity index (χ1n) is 26.1. The topological polar surface area (TPSA) is 69.9 Å². The molecule has 2 atom stereocenters. The summed E-state index contributed by atoms with van der Waals surface area (Å²) in [5.74, 6) is 2.14. The normalized spacial score (nSPS) is 16.8. The number of rotatable bonds is 8. The Morgan fingerprint density at radius 1 is 0.467 bits per heavy atom. The van der Waals surface area contributed by atoms with Crippen LogP contribution in [-0.2, 0) is 0 Å². The SMILES string of the molecule is C1=CCC(c2ccc([C@H]3CC(c4nc(-c5ccccc5)nc(-c5ccccc5)n4)=CC(c4ccc(C5=CCCC=C5)cc4)=C3n3c4ccccc4c4c5oc6c(ccc7oc8ccccc8c76)c5ccc43)cc2)C=C1. The second-order valence-corrected chi connectivity index (χ2v) is 20.0. The van der Waals surface area contributed by atoms with Crippen molar-refractivity contribution >= 4 is 88.1 Å². The molecule has 6 nitrogen and oxygen atoms in total. The first kappa shape index (κ1) is 43.2. The predicted molar refractivity (Wildman–Crippen MR) is 308 cm³/mol. The first-order chi connectivity index (χ1) is 37.2. The molecule has 0 aliphatic heterocycles. The van der Waals surface area contributed by atoms with Crippen LogP contribution < -0.4 is 0 Å². The lowest BCUT2D eigenvalue weighted by atomic mass is 9.79. The fourth-order valence-electron chi connectivity index (χ4n) is 12.0. The van der Waals surface area contributed by atoms with Crippen molar-refractivity contribution < 1.29 is 8.83 Å². The van der Waals surface area contributed by atoms with E-state index in [0.29, 0.717) is 29.8 Å². The Bertz CT molecular complexity index is 4390. The molecular formula is C69H48N4O2. The van der Waals surface area contributed by atoms with Crippen molar-refractivity contribution in [3.05, 3.63) is 259 Å². The smallest absolute Gasteiger partial charge is 0.164 e. The van der Waals surface area contributed by atoms with E-state index >= 15 is 0 Å². The van der Waals surface area contributed by atoms with Gasteiger partial charge in [0.15, 0.2) is 17.5 Å². The zero-order valence-electron chi connectivity index (χ0n) is 41.0. The van der Waals surface area contributed by atoms with Crippen molar-refractivity contribution in [2.75, 3.05) is 0 Å². The average molecular weight is 965 g/mol. The summed E-state index contributed by atoms with van der Waals surface area (Å²) in [5, 5.41) is 6.40. The molecule has 356 valence electrons. The summed E-state index contributed by atoms with van der Waals surface area (Å²) < 4.78 is 16.2. The summed E-state index contributed by atoms with van der Waals surface area (Å²) in [5.41, 5.74) is 16.9.